The lowest BCUT2D eigenvalue weighted by Gasteiger charge is -2.16. The summed E-state index contributed by atoms with van der Waals surface area (Å²) >= 11 is 0. The third-order valence-corrected chi connectivity index (χ3v) is 5.85. The van der Waals surface area contributed by atoms with E-state index >= 15 is 0 Å². The molecule has 0 spiro atoms. The van der Waals surface area contributed by atoms with E-state index in [4.69, 9.17) is 10.00 Å². The van der Waals surface area contributed by atoms with Crippen molar-refractivity contribution in [2.45, 2.75) is 24.0 Å². The molecule has 1 aliphatic heterocycles. The maximum atomic E-state index is 12.7. The fraction of sp³-hybridized carbons (Fsp3) is 0.400. The molecule has 3 rings (SSSR count). The van der Waals surface area contributed by atoms with Crippen molar-refractivity contribution in [3.05, 3.63) is 41.7 Å². The predicted octanol–water partition coefficient (Wildman–Crippen LogP) is 0.932. The van der Waals surface area contributed by atoms with Crippen LogP contribution >= 0.6 is 0 Å². The predicted molar refractivity (Wildman–Crippen MR) is 84.3 cm³/mol. The fourth-order valence-electron chi connectivity index (χ4n) is 2.70. The Balaban J connectivity index is 1.74. The van der Waals surface area contributed by atoms with Gasteiger partial charge >= 0.3 is 0 Å². The zero-order valence-corrected chi connectivity index (χ0v) is 14.0. The van der Waals surface area contributed by atoms with E-state index in [0.29, 0.717) is 37.4 Å². The molecule has 0 aliphatic carbocycles. The zero-order chi connectivity index (χ0) is 17.2. The Labute approximate surface area is 140 Å². The SMILES string of the molecule is COCc1cn([C@@H]2CCN(S(=O)(=O)c3ccc(C#N)cc3)C2)nn1. The summed E-state index contributed by atoms with van der Waals surface area (Å²) in [5.41, 5.74) is 1.15. The highest BCUT2D eigenvalue weighted by Crippen LogP contribution is 2.27. The molecule has 0 radical (unpaired) electrons. The maximum Gasteiger partial charge on any atom is 0.243 e. The van der Waals surface area contributed by atoms with E-state index in [1.807, 2.05) is 6.07 Å². The second-order valence-electron chi connectivity index (χ2n) is 5.56. The topological polar surface area (TPSA) is 101 Å². The summed E-state index contributed by atoms with van der Waals surface area (Å²) in [6.45, 7) is 1.14. The molecule has 1 saturated heterocycles. The molecule has 1 aromatic heterocycles. The Morgan fingerprint density at radius 2 is 2.12 bits per heavy atom. The van der Waals surface area contributed by atoms with Gasteiger partial charge in [-0.25, -0.2) is 13.1 Å². The minimum atomic E-state index is -3.57. The van der Waals surface area contributed by atoms with Crippen molar-refractivity contribution in [1.82, 2.24) is 19.3 Å². The van der Waals surface area contributed by atoms with Gasteiger partial charge in [0.15, 0.2) is 0 Å². The van der Waals surface area contributed by atoms with Gasteiger partial charge in [-0.3, -0.25) is 0 Å². The van der Waals surface area contributed by atoms with Crippen molar-refractivity contribution < 1.29 is 13.2 Å². The van der Waals surface area contributed by atoms with Gasteiger partial charge in [0.05, 0.1) is 35.4 Å². The van der Waals surface area contributed by atoms with Gasteiger partial charge in [0, 0.05) is 20.2 Å². The molecule has 1 atom stereocenters. The molecule has 0 N–H and O–H groups in total. The summed E-state index contributed by atoms with van der Waals surface area (Å²) in [4.78, 5) is 0.195. The highest BCUT2D eigenvalue weighted by molar-refractivity contribution is 7.89. The lowest BCUT2D eigenvalue weighted by Crippen LogP contribution is -2.29. The summed E-state index contributed by atoms with van der Waals surface area (Å²) in [5, 5.41) is 16.9. The minimum absolute atomic E-state index is 0.0451. The van der Waals surface area contributed by atoms with Gasteiger partial charge in [-0.15, -0.1) is 5.10 Å². The second kappa shape index (κ2) is 6.68. The van der Waals surface area contributed by atoms with Gasteiger partial charge in [-0.1, -0.05) is 5.21 Å². The fourth-order valence-corrected chi connectivity index (χ4v) is 4.19. The summed E-state index contributed by atoms with van der Waals surface area (Å²) in [5.74, 6) is 0. The number of nitriles is 1. The number of rotatable bonds is 5. The third kappa shape index (κ3) is 3.17. The van der Waals surface area contributed by atoms with Gasteiger partial charge in [0.2, 0.25) is 10.0 Å². The van der Waals surface area contributed by atoms with Gasteiger partial charge in [-0.05, 0) is 30.7 Å². The molecule has 126 valence electrons. The van der Waals surface area contributed by atoms with Gasteiger partial charge < -0.3 is 4.74 Å². The molecular formula is C15H17N5O3S. The Morgan fingerprint density at radius 3 is 2.79 bits per heavy atom. The van der Waals surface area contributed by atoms with Crippen molar-refractivity contribution in [2.24, 2.45) is 0 Å². The summed E-state index contributed by atoms with van der Waals surface area (Å²) < 4.78 is 33.5. The van der Waals surface area contributed by atoms with Crippen molar-refractivity contribution in [3.8, 4) is 6.07 Å². The zero-order valence-electron chi connectivity index (χ0n) is 13.2. The number of nitrogens with zero attached hydrogens (tertiary/aromatic N) is 5. The van der Waals surface area contributed by atoms with Gasteiger partial charge in [0.1, 0.15) is 5.69 Å². The molecule has 0 bridgehead atoms. The number of hydrogen-bond donors (Lipinski definition) is 0. The Morgan fingerprint density at radius 1 is 1.38 bits per heavy atom. The number of methoxy groups -OCH3 is 1. The molecule has 24 heavy (non-hydrogen) atoms. The van der Waals surface area contributed by atoms with Crippen LogP contribution < -0.4 is 0 Å². The monoisotopic (exact) mass is 347 g/mol. The maximum absolute atomic E-state index is 12.7. The van der Waals surface area contributed by atoms with Crippen LogP contribution in [-0.2, 0) is 21.4 Å². The number of hydrogen-bond acceptors (Lipinski definition) is 6. The van der Waals surface area contributed by atoms with Gasteiger partial charge in [0.25, 0.3) is 0 Å². The highest BCUT2D eigenvalue weighted by atomic mass is 32.2. The standard InChI is InChI=1S/C15H17N5O3S/c1-23-11-13-9-20(18-17-13)14-6-7-19(10-14)24(21,22)15-4-2-12(8-16)3-5-15/h2-5,9,14H,6-7,10-11H2,1H3/t14-/m1/s1. The lowest BCUT2D eigenvalue weighted by molar-refractivity contribution is 0.181. The minimum Gasteiger partial charge on any atom is -0.378 e. The molecule has 2 heterocycles. The van der Waals surface area contributed by atoms with E-state index in [0.717, 1.165) is 0 Å². The molecule has 0 unspecified atom stereocenters. The van der Waals surface area contributed by atoms with Crippen molar-refractivity contribution in [3.63, 3.8) is 0 Å². The first-order valence-corrected chi connectivity index (χ1v) is 8.88. The van der Waals surface area contributed by atoms with E-state index in [1.54, 1.807) is 18.0 Å². The number of sulfonamides is 1. The molecule has 9 heteroatoms. The molecular weight excluding hydrogens is 330 g/mol. The van der Waals surface area contributed by atoms with Crippen LogP contribution in [0.3, 0.4) is 0 Å². The van der Waals surface area contributed by atoms with Crippen LogP contribution in [0, 0.1) is 11.3 Å². The van der Waals surface area contributed by atoms with Crippen LogP contribution in [0.1, 0.15) is 23.7 Å². The van der Waals surface area contributed by atoms with E-state index in [2.05, 4.69) is 10.3 Å². The lowest BCUT2D eigenvalue weighted by atomic mass is 10.2. The molecule has 1 aromatic carbocycles. The molecule has 0 amide bonds. The average Bonchev–Trinajstić information content (AvgIpc) is 3.24. The quantitative estimate of drug-likeness (QED) is 0.797. The highest BCUT2D eigenvalue weighted by Gasteiger charge is 2.33. The first-order chi connectivity index (χ1) is 11.5. The van der Waals surface area contributed by atoms with Crippen LogP contribution in [0.5, 0.6) is 0 Å². The van der Waals surface area contributed by atoms with Gasteiger partial charge in [-0.2, -0.15) is 9.57 Å². The first kappa shape index (κ1) is 16.6. The van der Waals surface area contributed by atoms with Crippen LogP contribution in [0.15, 0.2) is 35.4 Å². The summed E-state index contributed by atoms with van der Waals surface area (Å²) in [6, 6.07) is 7.88. The van der Waals surface area contributed by atoms with Crippen molar-refractivity contribution in [1.29, 1.82) is 5.26 Å². The van der Waals surface area contributed by atoms with Crippen LogP contribution in [-0.4, -0.2) is 47.9 Å². The Bertz CT molecular complexity index is 854. The molecule has 2 aromatic rings. The van der Waals surface area contributed by atoms with E-state index in [-0.39, 0.29) is 10.9 Å². The average molecular weight is 347 g/mol. The Kier molecular flexibility index (Phi) is 4.62. The molecule has 0 saturated carbocycles. The number of ether oxygens (including phenoxy) is 1. The Hall–Kier alpha value is -2.28. The summed E-state index contributed by atoms with van der Waals surface area (Å²) in [6.07, 6.45) is 2.46. The van der Waals surface area contributed by atoms with E-state index in [9.17, 15) is 8.42 Å². The first-order valence-electron chi connectivity index (χ1n) is 7.44. The summed E-state index contributed by atoms with van der Waals surface area (Å²) in [7, 11) is -1.99. The number of benzene rings is 1. The van der Waals surface area contributed by atoms with E-state index < -0.39 is 10.0 Å². The molecule has 1 aliphatic rings. The smallest absolute Gasteiger partial charge is 0.243 e. The van der Waals surface area contributed by atoms with Crippen LogP contribution in [0.25, 0.3) is 0 Å². The molecule has 8 nitrogen and oxygen atoms in total. The van der Waals surface area contributed by atoms with Crippen LogP contribution in [0.2, 0.25) is 0 Å². The number of aromatic nitrogens is 3. The normalized spacial score (nSPS) is 18.6. The largest absolute Gasteiger partial charge is 0.378 e. The van der Waals surface area contributed by atoms with Crippen LogP contribution in [0.4, 0.5) is 0 Å². The molecule has 1 fully saturated rings. The van der Waals surface area contributed by atoms with Crippen molar-refractivity contribution >= 4 is 10.0 Å². The van der Waals surface area contributed by atoms with Crippen molar-refractivity contribution in [2.75, 3.05) is 20.2 Å². The van der Waals surface area contributed by atoms with E-state index in [1.165, 1.54) is 28.6 Å². The second-order valence-corrected chi connectivity index (χ2v) is 7.50. The third-order valence-electron chi connectivity index (χ3n) is 3.97.